The van der Waals surface area contributed by atoms with Crippen LogP contribution in [-0.4, -0.2) is 74.3 Å². The SMILES string of the molecule is CC/C=C/C/C=C/C/C=C/C/C=C/C/C=C/CCC(=O)NC(COP(=O)(O)OCC[N+](C)(C)C)C(/C=C\CCCCCCCCCCC)OC(=O)CCCCCCCCCCCCCCCCCCCCCCCCCCCCC. The predicted molar refractivity (Wildman–Crippen MR) is 346 cm³/mol. The van der Waals surface area contributed by atoms with Crippen LogP contribution in [0.25, 0.3) is 0 Å². The van der Waals surface area contributed by atoms with Crippen molar-refractivity contribution in [2.75, 3.05) is 40.9 Å². The highest BCUT2D eigenvalue weighted by Crippen LogP contribution is 2.43. The highest BCUT2D eigenvalue weighted by Gasteiger charge is 2.30. The predicted octanol–water partition coefficient (Wildman–Crippen LogP) is 21.2. The Hall–Kier alpha value is -2.55. The molecule has 466 valence electrons. The number of rotatable bonds is 61. The Balaban J connectivity index is 5.04. The number of carbonyl (C=O) groups is 2. The number of hydrogen-bond donors (Lipinski definition) is 2. The van der Waals surface area contributed by atoms with Gasteiger partial charge in [0.05, 0.1) is 33.8 Å². The van der Waals surface area contributed by atoms with Crippen LogP contribution in [0.15, 0.2) is 72.9 Å². The van der Waals surface area contributed by atoms with Gasteiger partial charge in [-0.15, -0.1) is 0 Å². The summed E-state index contributed by atoms with van der Waals surface area (Å²) in [6.07, 6.45) is 78.1. The molecular formula is C70H130N2O7P+. The zero-order valence-corrected chi connectivity index (χ0v) is 54.2. The van der Waals surface area contributed by atoms with E-state index in [4.69, 9.17) is 13.8 Å². The van der Waals surface area contributed by atoms with Gasteiger partial charge in [0.2, 0.25) is 5.91 Å². The van der Waals surface area contributed by atoms with E-state index in [1.54, 1.807) is 0 Å². The third-order valence-corrected chi connectivity index (χ3v) is 15.9. The molecule has 0 spiro atoms. The average Bonchev–Trinajstić information content (AvgIpc) is 3.43. The van der Waals surface area contributed by atoms with Crippen LogP contribution in [0.1, 0.15) is 310 Å². The van der Waals surface area contributed by atoms with Crippen molar-refractivity contribution in [1.82, 2.24) is 5.32 Å². The third kappa shape index (κ3) is 60.1. The van der Waals surface area contributed by atoms with E-state index in [0.717, 1.165) is 70.6 Å². The summed E-state index contributed by atoms with van der Waals surface area (Å²) in [7, 11) is 1.45. The normalized spacial score (nSPS) is 14.0. The first kappa shape index (κ1) is 77.5. The van der Waals surface area contributed by atoms with Gasteiger partial charge in [-0.3, -0.25) is 18.6 Å². The second-order valence-corrected chi connectivity index (χ2v) is 25.4. The van der Waals surface area contributed by atoms with Gasteiger partial charge in [-0.1, -0.05) is 306 Å². The van der Waals surface area contributed by atoms with Gasteiger partial charge in [0.25, 0.3) is 0 Å². The Bertz CT molecular complexity index is 1600. The Kier molecular flexibility index (Phi) is 57.7. The molecule has 0 aliphatic rings. The van der Waals surface area contributed by atoms with Crippen molar-refractivity contribution in [2.45, 2.75) is 322 Å². The lowest BCUT2D eigenvalue weighted by Crippen LogP contribution is -2.47. The zero-order chi connectivity index (χ0) is 58.6. The molecule has 0 heterocycles. The lowest BCUT2D eigenvalue weighted by atomic mass is 10.0. The van der Waals surface area contributed by atoms with E-state index in [9.17, 15) is 19.0 Å². The molecule has 0 aliphatic heterocycles. The minimum Gasteiger partial charge on any atom is -0.456 e. The van der Waals surface area contributed by atoms with Gasteiger partial charge in [0, 0.05) is 12.8 Å². The number of quaternary nitrogens is 1. The van der Waals surface area contributed by atoms with E-state index in [2.05, 4.69) is 80.8 Å². The van der Waals surface area contributed by atoms with Crippen molar-refractivity contribution in [3.63, 3.8) is 0 Å². The molecule has 0 fully saturated rings. The highest BCUT2D eigenvalue weighted by molar-refractivity contribution is 7.47. The van der Waals surface area contributed by atoms with Crippen molar-refractivity contribution in [3.05, 3.63) is 72.9 Å². The third-order valence-electron chi connectivity index (χ3n) is 14.9. The molecule has 0 aliphatic carbocycles. The standard InChI is InChI=1S/C70H129N2O7P/c1-7-10-13-16-19-22-25-27-29-31-32-33-34-35-36-37-38-39-40-41-43-45-48-51-54-57-60-63-70(74)79-68(61-58-55-52-49-46-24-21-18-15-12-9-3)67(66-78-80(75,76)77-65-64-72(4,5)6)71-69(73)62-59-56-53-50-47-44-42-30-28-26-23-20-17-14-11-8-2/h11,14,20,23,28,30,44,47,53,56,58,61,67-68H,7-10,12-13,15-19,21-22,24-27,29,31-43,45-46,48-52,54-55,57,59-60,62-66H2,1-6H3,(H-,71,73,75,76)/p+1/b14-11+,23-20+,30-28+,47-44+,56-53+,61-58-. The minimum atomic E-state index is -4.47. The van der Waals surface area contributed by atoms with E-state index in [1.807, 2.05) is 39.4 Å². The van der Waals surface area contributed by atoms with Gasteiger partial charge in [-0.2, -0.15) is 0 Å². The molecule has 0 radical (unpaired) electrons. The van der Waals surface area contributed by atoms with Crippen LogP contribution in [-0.2, 0) is 27.9 Å². The van der Waals surface area contributed by atoms with Crippen molar-refractivity contribution >= 4 is 19.7 Å². The van der Waals surface area contributed by atoms with Crippen LogP contribution in [0.4, 0.5) is 0 Å². The Labute approximate surface area is 495 Å². The molecular weight excluding hydrogens is 1010 g/mol. The number of phosphoric acid groups is 1. The van der Waals surface area contributed by atoms with E-state index in [1.165, 1.54) is 199 Å². The summed E-state index contributed by atoms with van der Waals surface area (Å²) in [4.78, 5) is 37.7. The molecule has 2 N–H and O–H groups in total. The fraction of sp³-hybridized carbons (Fsp3) is 0.800. The molecule has 0 saturated heterocycles. The number of amides is 1. The largest absolute Gasteiger partial charge is 0.472 e. The first-order valence-corrected chi connectivity index (χ1v) is 35.3. The van der Waals surface area contributed by atoms with Crippen LogP contribution in [0.2, 0.25) is 0 Å². The molecule has 0 rings (SSSR count). The number of esters is 1. The minimum absolute atomic E-state index is 0.0261. The maximum absolute atomic E-state index is 13.5. The summed E-state index contributed by atoms with van der Waals surface area (Å²) in [6.45, 7) is 6.86. The fourth-order valence-corrected chi connectivity index (χ4v) is 10.5. The van der Waals surface area contributed by atoms with Crippen LogP contribution in [0.3, 0.4) is 0 Å². The van der Waals surface area contributed by atoms with Crippen LogP contribution in [0, 0.1) is 0 Å². The molecule has 9 nitrogen and oxygen atoms in total. The number of nitrogens with zero attached hydrogens (tertiary/aromatic N) is 1. The second kappa shape index (κ2) is 59.6. The molecule has 0 aromatic carbocycles. The molecule has 3 atom stereocenters. The van der Waals surface area contributed by atoms with Crippen molar-refractivity contribution in [3.8, 4) is 0 Å². The lowest BCUT2D eigenvalue weighted by Gasteiger charge is -2.27. The van der Waals surface area contributed by atoms with Crippen LogP contribution >= 0.6 is 7.82 Å². The van der Waals surface area contributed by atoms with Gasteiger partial charge in [0.15, 0.2) is 0 Å². The summed E-state index contributed by atoms with van der Waals surface area (Å²) in [6, 6.07) is -0.888. The molecule has 0 bridgehead atoms. The molecule has 0 aromatic heterocycles. The maximum atomic E-state index is 13.5. The summed E-state index contributed by atoms with van der Waals surface area (Å²) in [5, 5.41) is 3.01. The number of unbranched alkanes of at least 4 members (excludes halogenated alkanes) is 35. The van der Waals surface area contributed by atoms with Crippen LogP contribution < -0.4 is 5.32 Å². The number of nitrogens with one attached hydrogen (secondary N) is 1. The molecule has 80 heavy (non-hydrogen) atoms. The number of carbonyl (C=O) groups excluding carboxylic acids is 2. The number of hydrogen-bond acceptors (Lipinski definition) is 6. The zero-order valence-electron chi connectivity index (χ0n) is 53.3. The van der Waals surface area contributed by atoms with Crippen molar-refractivity contribution in [2.24, 2.45) is 0 Å². The Morgan fingerprint density at radius 2 is 0.812 bits per heavy atom. The molecule has 0 aromatic rings. The van der Waals surface area contributed by atoms with Gasteiger partial charge in [-0.05, 0) is 63.9 Å². The smallest absolute Gasteiger partial charge is 0.456 e. The topological polar surface area (TPSA) is 111 Å². The van der Waals surface area contributed by atoms with Gasteiger partial charge >= 0.3 is 13.8 Å². The molecule has 3 unspecified atom stereocenters. The summed E-state index contributed by atoms with van der Waals surface area (Å²) >= 11 is 0. The van der Waals surface area contributed by atoms with E-state index >= 15 is 0 Å². The second-order valence-electron chi connectivity index (χ2n) is 24.0. The number of ether oxygens (including phenoxy) is 1. The van der Waals surface area contributed by atoms with Gasteiger partial charge in [0.1, 0.15) is 19.3 Å². The van der Waals surface area contributed by atoms with Crippen LogP contribution in [0.5, 0.6) is 0 Å². The maximum Gasteiger partial charge on any atom is 0.472 e. The Morgan fingerprint density at radius 1 is 0.450 bits per heavy atom. The van der Waals surface area contributed by atoms with Gasteiger partial charge < -0.3 is 19.4 Å². The average molecular weight is 1140 g/mol. The monoisotopic (exact) mass is 1140 g/mol. The van der Waals surface area contributed by atoms with Crippen molar-refractivity contribution < 1.29 is 37.3 Å². The van der Waals surface area contributed by atoms with E-state index < -0.39 is 20.0 Å². The summed E-state index contributed by atoms with van der Waals surface area (Å²) in [5.74, 6) is -0.594. The van der Waals surface area contributed by atoms with Crippen molar-refractivity contribution in [1.29, 1.82) is 0 Å². The molecule has 10 heteroatoms. The number of allylic oxidation sites excluding steroid dienone is 11. The number of phosphoric ester groups is 1. The first-order chi connectivity index (χ1) is 38.9. The highest BCUT2D eigenvalue weighted by atomic mass is 31.2. The number of likely N-dealkylation sites (N-methyl/N-ethyl adjacent to an activating group) is 1. The Morgan fingerprint density at radius 3 is 1.20 bits per heavy atom. The molecule has 0 saturated carbocycles. The quantitative estimate of drug-likeness (QED) is 0.0205. The molecule has 1 amide bonds. The first-order valence-electron chi connectivity index (χ1n) is 33.8. The lowest BCUT2D eigenvalue weighted by molar-refractivity contribution is -0.870. The van der Waals surface area contributed by atoms with E-state index in [-0.39, 0.29) is 37.9 Å². The van der Waals surface area contributed by atoms with E-state index in [0.29, 0.717) is 17.4 Å². The van der Waals surface area contributed by atoms with Gasteiger partial charge in [-0.25, -0.2) is 4.57 Å². The summed E-state index contributed by atoms with van der Waals surface area (Å²) < 4.78 is 30.7. The summed E-state index contributed by atoms with van der Waals surface area (Å²) in [5.41, 5.74) is 0. The fourth-order valence-electron chi connectivity index (χ4n) is 9.75.